The third-order valence-electron chi connectivity index (χ3n) is 3.31. The monoisotopic (exact) mass is 348 g/mol. The number of halogens is 1. The van der Waals surface area contributed by atoms with Gasteiger partial charge in [0, 0.05) is 5.54 Å². The van der Waals surface area contributed by atoms with E-state index < -0.39 is 5.54 Å². The van der Waals surface area contributed by atoms with Gasteiger partial charge in [-0.15, -0.1) is 11.3 Å². The highest BCUT2D eigenvalue weighted by Crippen LogP contribution is 2.13. The highest BCUT2D eigenvalue weighted by molar-refractivity contribution is 7.12. The summed E-state index contributed by atoms with van der Waals surface area (Å²) in [5.41, 5.74) is 1.22. The molecule has 1 aromatic carbocycles. The first-order chi connectivity index (χ1) is 11.4. The lowest BCUT2D eigenvalue weighted by Gasteiger charge is -2.26. The summed E-state index contributed by atoms with van der Waals surface area (Å²) in [6.45, 7) is 5.51. The van der Waals surface area contributed by atoms with Crippen LogP contribution >= 0.6 is 11.3 Å². The number of amides is 1. The van der Waals surface area contributed by atoms with Gasteiger partial charge in [-0.3, -0.25) is 4.79 Å². The zero-order chi connectivity index (χ0) is 17.6. The molecule has 4 nitrogen and oxygen atoms in total. The van der Waals surface area contributed by atoms with E-state index in [1.54, 1.807) is 23.5 Å². The average Bonchev–Trinajstić information content (AvgIpc) is 3.03. The minimum absolute atomic E-state index is 0.143. The molecular formula is C18H21FN2O2S. The maximum absolute atomic E-state index is 12.9. The van der Waals surface area contributed by atoms with Crippen molar-refractivity contribution in [1.82, 2.24) is 5.32 Å². The van der Waals surface area contributed by atoms with Gasteiger partial charge in [-0.25, -0.2) is 4.39 Å². The first-order valence-electron chi connectivity index (χ1n) is 7.62. The SMILES string of the molecule is C/C(=N/OCC(=O)NC(C)(C)Cc1ccc(F)cc1)c1cccs1. The number of nitrogens with zero attached hydrogens (tertiary/aromatic N) is 1. The number of carbonyl (C=O) groups excluding carboxylic acids is 1. The van der Waals surface area contributed by atoms with Crippen molar-refractivity contribution < 1.29 is 14.0 Å². The van der Waals surface area contributed by atoms with Crippen LogP contribution in [0.1, 0.15) is 31.2 Å². The second kappa shape index (κ2) is 8.06. The molecule has 0 aliphatic heterocycles. The van der Waals surface area contributed by atoms with E-state index in [0.29, 0.717) is 6.42 Å². The molecule has 6 heteroatoms. The molecule has 1 amide bonds. The van der Waals surface area contributed by atoms with Crippen LogP contribution in [0.2, 0.25) is 0 Å². The van der Waals surface area contributed by atoms with E-state index in [9.17, 15) is 9.18 Å². The molecule has 2 aromatic rings. The Labute approximate surface area is 145 Å². The van der Waals surface area contributed by atoms with Crippen molar-refractivity contribution in [2.24, 2.45) is 5.16 Å². The van der Waals surface area contributed by atoms with Crippen LogP contribution in [0.5, 0.6) is 0 Å². The summed E-state index contributed by atoms with van der Waals surface area (Å²) in [5.74, 6) is -0.516. The molecule has 0 atom stereocenters. The van der Waals surface area contributed by atoms with E-state index in [1.807, 2.05) is 38.3 Å². The predicted molar refractivity (Wildman–Crippen MR) is 94.8 cm³/mol. The molecule has 0 spiro atoms. The fourth-order valence-electron chi connectivity index (χ4n) is 2.29. The van der Waals surface area contributed by atoms with Crippen molar-refractivity contribution in [1.29, 1.82) is 0 Å². The molecule has 128 valence electrons. The predicted octanol–water partition coefficient (Wildman–Crippen LogP) is 3.77. The smallest absolute Gasteiger partial charge is 0.261 e. The van der Waals surface area contributed by atoms with E-state index in [4.69, 9.17) is 4.84 Å². The third-order valence-corrected chi connectivity index (χ3v) is 4.29. The second-order valence-electron chi connectivity index (χ2n) is 6.16. The zero-order valence-electron chi connectivity index (χ0n) is 14.0. The van der Waals surface area contributed by atoms with Crippen molar-refractivity contribution in [3.8, 4) is 0 Å². The largest absolute Gasteiger partial charge is 0.385 e. The van der Waals surface area contributed by atoms with Gasteiger partial charge in [0.15, 0.2) is 6.61 Å². The zero-order valence-corrected chi connectivity index (χ0v) is 14.8. The Morgan fingerprint density at radius 3 is 2.62 bits per heavy atom. The fourth-order valence-corrected chi connectivity index (χ4v) is 2.96. The molecule has 0 fully saturated rings. The first-order valence-corrected chi connectivity index (χ1v) is 8.49. The topological polar surface area (TPSA) is 50.7 Å². The van der Waals surface area contributed by atoms with E-state index in [2.05, 4.69) is 10.5 Å². The number of benzene rings is 1. The molecule has 24 heavy (non-hydrogen) atoms. The Balaban J connectivity index is 1.82. The average molecular weight is 348 g/mol. The molecule has 0 unspecified atom stereocenters. The molecule has 1 heterocycles. The van der Waals surface area contributed by atoms with Crippen LogP contribution in [0.3, 0.4) is 0 Å². The Morgan fingerprint density at radius 1 is 1.29 bits per heavy atom. The quantitative estimate of drug-likeness (QED) is 0.612. The highest BCUT2D eigenvalue weighted by atomic mass is 32.1. The molecule has 0 aliphatic carbocycles. The number of oxime groups is 1. The Bertz CT molecular complexity index is 694. The van der Waals surface area contributed by atoms with Gasteiger partial charge >= 0.3 is 0 Å². The van der Waals surface area contributed by atoms with Crippen LogP contribution in [0.15, 0.2) is 46.9 Å². The normalized spacial score (nSPS) is 12.1. The van der Waals surface area contributed by atoms with Crippen LogP contribution in [-0.2, 0) is 16.1 Å². The van der Waals surface area contributed by atoms with E-state index in [0.717, 1.165) is 16.2 Å². The molecular weight excluding hydrogens is 327 g/mol. The van der Waals surface area contributed by atoms with Crippen molar-refractivity contribution >= 4 is 23.0 Å². The molecule has 0 radical (unpaired) electrons. The van der Waals surface area contributed by atoms with Gasteiger partial charge in [0.1, 0.15) is 5.82 Å². The summed E-state index contributed by atoms with van der Waals surface area (Å²) in [7, 11) is 0. The van der Waals surface area contributed by atoms with Crippen molar-refractivity contribution in [2.45, 2.75) is 32.7 Å². The molecule has 2 rings (SSSR count). The number of nitrogens with one attached hydrogen (secondary N) is 1. The number of carbonyl (C=O) groups is 1. The molecule has 0 saturated heterocycles. The van der Waals surface area contributed by atoms with Crippen LogP contribution in [0.4, 0.5) is 4.39 Å². The molecule has 1 aromatic heterocycles. The van der Waals surface area contributed by atoms with Gasteiger partial charge in [0.25, 0.3) is 5.91 Å². The van der Waals surface area contributed by atoms with E-state index >= 15 is 0 Å². The summed E-state index contributed by atoms with van der Waals surface area (Å²) < 4.78 is 12.9. The first kappa shape index (κ1) is 18.1. The lowest BCUT2D eigenvalue weighted by Crippen LogP contribution is -2.46. The highest BCUT2D eigenvalue weighted by Gasteiger charge is 2.21. The number of thiophene rings is 1. The van der Waals surface area contributed by atoms with Crippen LogP contribution in [0.25, 0.3) is 0 Å². The summed E-state index contributed by atoms with van der Waals surface area (Å²) in [6, 6.07) is 10.1. The number of hydrogen-bond donors (Lipinski definition) is 1. The molecule has 0 bridgehead atoms. The Kier molecular flexibility index (Phi) is 6.09. The lowest BCUT2D eigenvalue weighted by atomic mass is 9.95. The third kappa shape index (κ3) is 5.77. The number of rotatable bonds is 7. The Hall–Kier alpha value is -2.21. The fraction of sp³-hybridized carbons (Fsp3) is 0.333. The van der Waals surface area contributed by atoms with Gasteiger partial charge in [0.2, 0.25) is 0 Å². The maximum Gasteiger partial charge on any atom is 0.261 e. The van der Waals surface area contributed by atoms with Gasteiger partial charge in [-0.2, -0.15) is 0 Å². The lowest BCUT2D eigenvalue weighted by molar-refractivity contribution is -0.127. The maximum atomic E-state index is 12.9. The summed E-state index contributed by atoms with van der Waals surface area (Å²) in [5, 5.41) is 8.82. The van der Waals surface area contributed by atoms with E-state index in [-0.39, 0.29) is 18.3 Å². The second-order valence-corrected chi connectivity index (χ2v) is 7.11. The van der Waals surface area contributed by atoms with E-state index in [1.165, 1.54) is 12.1 Å². The van der Waals surface area contributed by atoms with Crippen LogP contribution in [-0.4, -0.2) is 23.8 Å². The van der Waals surface area contributed by atoms with Gasteiger partial charge in [-0.05, 0) is 56.3 Å². The standard InChI is InChI=1S/C18H21FN2O2S/c1-13(16-5-4-10-24-16)21-23-12-17(22)20-18(2,3)11-14-6-8-15(19)9-7-14/h4-10H,11-12H2,1-3H3,(H,20,22)/b21-13-. The summed E-state index contributed by atoms with van der Waals surface area (Å²) in [6.07, 6.45) is 0.594. The van der Waals surface area contributed by atoms with Crippen LogP contribution < -0.4 is 5.32 Å². The summed E-state index contributed by atoms with van der Waals surface area (Å²) >= 11 is 1.56. The van der Waals surface area contributed by atoms with Gasteiger partial charge in [-0.1, -0.05) is 23.4 Å². The van der Waals surface area contributed by atoms with Crippen molar-refractivity contribution in [2.75, 3.05) is 6.61 Å². The van der Waals surface area contributed by atoms with Gasteiger partial charge < -0.3 is 10.2 Å². The molecule has 0 saturated carbocycles. The van der Waals surface area contributed by atoms with Gasteiger partial charge in [0.05, 0.1) is 10.6 Å². The van der Waals surface area contributed by atoms with Crippen molar-refractivity contribution in [3.05, 3.63) is 58.0 Å². The van der Waals surface area contributed by atoms with Crippen LogP contribution in [0, 0.1) is 5.82 Å². The van der Waals surface area contributed by atoms with Crippen molar-refractivity contribution in [3.63, 3.8) is 0 Å². The molecule has 0 aliphatic rings. The summed E-state index contributed by atoms with van der Waals surface area (Å²) in [4.78, 5) is 18.1. The Morgan fingerprint density at radius 2 is 2.00 bits per heavy atom. The number of hydrogen-bond acceptors (Lipinski definition) is 4. The minimum atomic E-state index is -0.467. The minimum Gasteiger partial charge on any atom is -0.385 e. The molecule has 1 N–H and O–H groups in total.